The molecule has 0 saturated carbocycles. The standard InChI is InChI=1S/C18H10Br2N2OS/c19-11-8-13-16(14(20)9-11)21-18(24)22(17(13)23)15-7-3-5-10-4-1-2-6-12(10)15/h1-9H,(H,21,24). The number of aromatic amines is 1. The lowest BCUT2D eigenvalue weighted by Gasteiger charge is -2.12. The minimum Gasteiger partial charge on any atom is -0.330 e. The predicted octanol–water partition coefficient (Wildman–Crippen LogP) is 5.73. The molecule has 0 unspecified atom stereocenters. The van der Waals surface area contributed by atoms with Crippen LogP contribution < -0.4 is 5.56 Å². The van der Waals surface area contributed by atoms with Gasteiger partial charge in [-0.25, -0.2) is 0 Å². The van der Waals surface area contributed by atoms with Crippen LogP contribution in [-0.4, -0.2) is 9.55 Å². The summed E-state index contributed by atoms with van der Waals surface area (Å²) in [7, 11) is 0. The van der Waals surface area contributed by atoms with E-state index in [2.05, 4.69) is 36.8 Å². The van der Waals surface area contributed by atoms with Gasteiger partial charge in [-0.1, -0.05) is 52.3 Å². The van der Waals surface area contributed by atoms with Crippen LogP contribution in [0.3, 0.4) is 0 Å². The molecule has 0 aliphatic rings. The molecule has 6 heteroatoms. The van der Waals surface area contributed by atoms with Gasteiger partial charge in [0, 0.05) is 14.3 Å². The highest BCUT2D eigenvalue weighted by Gasteiger charge is 2.12. The molecule has 24 heavy (non-hydrogen) atoms. The van der Waals surface area contributed by atoms with E-state index in [0.29, 0.717) is 15.7 Å². The SMILES string of the molecule is O=c1c2cc(Br)cc(Br)c2[nH]c(=S)n1-c1cccc2ccccc12. The van der Waals surface area contributed by atoms with Gasteiger partial charge in [0.2, 0.25) is 0 Å². The fourth-order valence-electron chi connectivity index (χ4n) is 2.87. The Morgan fingerprint density at radius 3 is 2.54 bits per heavy atom. The van der Waals surface area contributed by atoms with Gasteiger partial charge in [-0.05, 0) is 51.7 Å². The molecule has 0 atom stereocenters. The van der Waals surface area contributed by atoms with Crippen LogP contribution in [0.5, 0.6) is 0 Å². The topological polar surface area (TPSA) is 37.8 Å². The van der Waals surface area contributed by atoms with Gasteiger partial charge >= 0.3 is 0 Å². The maximum atomic E-state index is 13.1. The number of hydrogen-bond acceptors (Lipinski definition) is 2. The van der Waals surface area contributed by atoms with E-state index >= 15 is 0 Å². The second kappa shape index (κ2) is 5.95. The Balaban J connectivity index is 2.18. The molecule has 0 aliphatic carbocycles. The number of H-pyrrole nitrogens is 1. The van der Waals surface area contributed by atoms with Crippen molar-refractivity contribution in [3.63, 3.8) is 0 Å². The zero-order valence-electron chi connectivity index (χ0n) is 12.2. The van der Waals surface area contributed by atoms with E-state index in [-0.39, 0.29) is 5.56 Å². The Hall–Kier alpha value is -1.76. The molecule has 1 aromatic heterocycles. The van der Waals surface area contributed by atoms with Crippen molar-refractivity contribution in [2.75, 3.05) is 0 Å². The summed E-state index contributed by atoms with van der Waals surface area (Å²) in [5.74, 6) is 0. The second-order valence-corrected chi connectivity index (χ2v) is 7.54. The Kier molecular flexibility index (Phi) is 3.90. The first-order chi connectivity index (χ1) is 11.6. The summed E-state index contributed by atoms with van der Waals surface area (Å²) in [5, 5.41) is 2.61. The van der Waals surface area contributed by atoms with Gasteiger partial charge in [0.25, 0.3) is 5.56 Å². The van der Waals surface area contributed by atoms with Crippen LogP contribution >= 0.6 is 44.1 Å². The molecule has 0 aliphatic heterocycles. The lowest BCUT2D eigenvalue weighted by molar-refractivity contribution is 0.947. The molecule has 0 bridgehead atoms. The van der Waals surface area contributed by atoms with Gasteiger partial charge in [0.15, 0.2) is 4.77 Å². The molecule has 0 amide bonds. The minimum atomic E-state index is -0.146. The molecule has 1 N–H and O–H groups in total. The van der Waals surface area contributed by atoms with Crippen LogP contribution in [0, 0.1) is 4.77 Å². The van der Waals surface area contributed by atoms with E-state index in [0.717, 1.165) is 25.4 Å². The van der Waals surface area contributed by atoms with E-state index in [1.807, 2.05) is 48.5 Å². The van der Waals surface area contributed by atoms with Crippen LogP contribution in [0.15, 0.2) is 68.3 Å². The third kappa shape index (κ3) is 2.46. The van der Waals surface area contributed by atoms with Gasteiger partial charge in [0.05, 0.1) is 16.6 Å². The monoisotopic (exact) mass is 460 g/mol. The number of halogens is 2. The Morgan fingerprint density at radius 1 is 0.958 bits per heavy atom. The van der Waals surface area contributed by atoms with Gasteiger partial charge in [0.1, 0.15) is 0 Å². The second-order valence-electron chi connectivity index (χ2n) is 5.38. The third-order valence-corrected chi connectivity index (χ3v) is 5.30. The van der Waals surface area contributed by atoms with Crippen molar-refractivity contribution in [3.8, 4) is 5.69 Å². The summed E-state index contributed by atoms with van der Waals surface area (Å²) in [6, 6.07) is 17.5. The van der Waals surface area contributed by atoms with Gasteiger partial charge < -0.3 is 4.98 Å². The average Bonchev–Trinajstić information content (AvgIpc) is 2.56. The van der Waals surface area contributed by atoms with Gasteiger partial charge in [-0.2, -0.15) is 0 Å². The lowest BCUT2D eigenvalue weighted by atomic mass is 10.1. The van der Waals surface area contributed by atoms with E-state index < -0.39 is 0 Å². The molecular formula is C18H10Br2N2OS. The largest absolute Gasteiger partial charge is 0.330 e. The molecule has 3 nitrogen and oxygen atoms in total. The first kappa shape index (κ1) is 15.7. The van der Waals surface area contributed by atoms with Crippen molar-refractivity contribution < 1.29 is 0 Å². The number of nitrogens with zero attached hydrogens (tertiary/aromatic N) is 1. The summed E-state index contributed by atoms with van der Waals surface area (Å²) >= 11 is 12.4. The molecule has 1 heterocycles. The highest BCUT2D eigenvalue weighted by molar-refractivity contribution is 9.11. The Bertz CT molecular complexity index is 1220. The number of benzene rings is 3. The molecular weight excluding hydrogens is 452 g/mol. The van der Waals surface area contributed by atoms with Crippen molar-refractivity contribution in [2.45, 2.75) is 0 Å². The number of aromatic nitrogens is 2. The van der Waals surface area contributed by atoms with Crippen molar-refractivity contribution >= 4 is 65.8 Å². The van der Waals surface area contributed by atoms with E-state index in [1.165, 1.54) is 0 Å². The number of rotatable bonds is 1. The van der Waals surface area contributed by atoms with Crippen molar-refractivity contribution in [2.24, 2.45) is 0 Å². The molecule has 0 saturated heterocycles. The minimum absolute atomic E-state index is 0.146. The Labute approximate surface area is 159 Å². The van der Waals surface area contributed by atoms with E-state index in [9.17, 15) is 4.79 Å². The predicted molar refractivity (Wildman–Crippen MR) is 108 cm³/mol. The highest BCUT2D eigenvalue weighted by atomic mass is 79.9. The quantitative estimate of drug-likeness (QED) is 0.368. The first-order valence-electron chi connectivity index (χ1n) is 7.18. The fourth-order valence-corrected chi connectivity index (χ4v) is 4.47. The van der Waals surface area contributed by atoms with Crippen LogP contribution in [0.4, 0.5) is 0 Å². The van der Waals surface area contributed by atoms with Crippen LogP contribution in [0.2, 0.25) is 0 Å². The van der Waals surface area contributed by atoms with E-state index in [4.69, 9.17) is 12.2 Å². The lowest BCUT2D eigenvalue weighted by Crippen LogP contribution is -2.21. The highest BCUT2D eigenvalue weighted by Crippen LogP contribution is 2.27. The van der Waals surface area contributed by atoms with Gasteiger partial charge in [-0.3, -0.25) is 9.36 Å². The number of hydrogen-bond donors (Lipinski definition) is 1. The molecule has 0 radical (unpaired) electrons. The molecule has 0 spiro atoms. The molecule has 4 aromatic rings. The Morgan fingerprint density at radius 2 is 1.71 bits per heavy atom. The first-order valence-corrected chi connectivity index (χ1v) is 9.18. The number of fused-ring (bicyclic) bond motifs is 2. The summed E-state index contributed by atoms with van der Waals surface area (Å²) in [5.41, 5.74) is 1.33. The molecule has 3 aromatic carbocycles. The maximum Gasteiger partial charge on any atom is 0.266 e. The smallest absolute Gasteiger partial charge is 0.266 e. The average molecular weight is 462 g/mol. The summed E-state index contributed by atoms with van der Waals surface area (Å²) < 4.78 is 3.54. The molecule has 0 fully saturated rings. The van der Waals surface area contributed by atoms with E-state index in [1.54, 1.807) is 10.6 Å². The summed E-state index contributed by atoms with van der Waals surface area (Å²) in [6.07, 6.45) is 0. The van der Waals surface area contributed by atoms with Crippen LogP contribution in [0.25, 0.3) is 27.4 Å². The normalized spacial score (nSPS) is 11.2. The summed E-state index contributed by atoms with van der Waals surface area (Å²) in [6.45, 7) is 0. The molecule has 118 valence electrons. The fraction of sp³-hybridized carbons (Fsp3) is 0. The van der Waals surface area contributed by atoms with Crippen molar-refractivity contribution in [1.29, 1.82) is 0 Å². The summed E-state index contributed by atoms with van der Waals surface area (Å²) in [4.78, 5) is 16.3. The zero-order valence-corrected chi connectivity index (χ0v) is 16.2. The maximum absolute atomic E-state index is 13.1. The zero-order chi connectivity index (χ0) is 16.8. The number of nitrogens with one attached hydrogen (secondary N) is 1. The van der Waals surface area contributed by atoms with Crippen molar-refractivity contribution in [3.05, 3.63) is 78.7 Å². The third-order valence-electron chi connectivity index (χ3n) is 3.93. The van der Waals surface area contributed by atoms with Gasteiger partial charge in [-0.15, -0.1) is 0 Å². The van der Waals surface area contributed by atoms with Crippen LogP contribution in [-0.2, 0) is 0 Å². The van der Waals surface area contributed by atoms with Crippen molar-refractivity contribution in [1.82, 2.24) is 9.55 Å². The molecule has 4 rings (SSSR count). The van der Waals surface area contributed by atoms with Crippen LogP contribution in [0.1, 0.15) is 0 Å².